The molecule has 0 saturated heterocycles. The first kappa shape index (κ1) is 15.5. The average Bonchev–Trinajstić information content (AvgIpc) is 2.52. The van der Waals surface area contributed by atoms with Gasteiger partial charge in [-0.15, -0.1) is 0 Å². The van der Waals surface area contributed by atoms with Crippen LogP contribution in [-0.2, 0) is 11.2 Å². The summed E-state index contributed by atoms with van der Waals surface area (Å²) < 4.78 is 0. The van der Waals surface area contributed by atoms with Crippen LogP contribution in [0.25, 0.3) is 0 Å². The lowest BCUT2D eigenvalue weighted by Crippen LogP contribution is -2.38. The van der Waals surface area contributed by atoms with Crippen molar-refractivity contribution in [2.75, 3.05) is 18.0 Å². The van der Waals surface area contributed by atoms with Crippen molar-refractivity contribution in [2.45, 2.75) is 40.0 Å². The Balaban J connectivity index is 1.95. The predicted molar refractivity (Wildman–Crippen MR) is 87.7 cm³/mol. The largest absolute Gasteiger partial charge is 0.362 e. The minimum atomic E-state index is -0.0469. The summed E-state index contributed by atoms with van der Waals surface area (Å²) in [7, 11) is 0. The zero-order valence-corrected chi connectivity index (χ0v) is 13.2. The molecule has 1 aliphatic heterocycles. The number of hydrogen-bond donors (Lipinski definition) is 1. The maximum absolute atomic E-state index is 12.1. The Morgan fingerprint density at radius 1 is 1.43 bits per heavy atom. The smallest absolute Gasteiger partial charge is 0.259 e. The maximum atomic E-state index is 12.1. The molecule has 0 fully saturated rings. The average molecular weight is 287 g/mol. The number of rotatable bonds is 5. The van der Waals surface area contributed by atoms with E-state index in [1.807, 2.05) is 13.0 Å². The molecule has 4 nitrogen and oxygen atoms in total. The molecule has 4 heteroatoms. The number of hydrazone groups is 1. The normalized spacial score (nSPS) is 16.3. The number of fused-ring (bicyclic) bond motifs is 1. The molecule has 0 aromatic heterocycles. The Bertz CT molecular complexity index is 525. The number of anilines is 1. The number of carbonyl (C=O) groups is 1. The van der Waals surface area contributed by atoms with Gasteiger partial charge in [0.1, 0.15) is 0 Å². The van der Waals surface area contributed by atoms with Crippen molar-refractivity contribution in [1.29, 1.82) is 0 Å². The van der Waals surface area contributed by atoms with Gasteiger partial charge in [0.05, 0.1) is 6.54 Å². The van der Waals surface area contributed by atoms with Crippen LogP contribution in [0, 0.1) is 5.92 Å². The first-order valence-electron chi connectivity index (χ1n) is 7.77. The Morgan fingerprint density at radius 2 is 2.19 bits per heavy atom. The molecule has 1 aromatic carbocycles. The summed E-state index contributed by atoms with van der Waals surface area (Å²) in [6.07, 6.45) is 3.23. The number of amides is 1. The van der Waals surface area contributed by atoms with Crippen LogP contribution in [0.4, 0.5) is 5.69 Å². The van der Waals surface area contributed by atoms with E-state index in [-0.39, 0.29) is 5.91 Å². The van der Waals surface area contributed by atoms with Crippen LogP contribution in [-0.4, -0.2) is 24.7 Å². The molecular formula is C17H25N3O. The van der Waals surface area contributed by atoms with E-state index < -0.39 is 0 Å². The van der Waals surface area contributed by atoms with E-state index in [0.717, 1.165) is 31.5 Å². The van der Waals surface area contributed by atoms with Gasteiger partial charge >= 0.3 is 0 Å². The molecule has 114 valence electrons. The van der Waals surface area contributed by atoms with Crippen LogP contribution in [0.1, 0.15) is 39.2 Å². The molecule has 1 atom stereocenters. The quantitative estimate of drug-likeness (QED) is 0.668. The molecular weight excluding hydrogens is 262 g/mol. The number of nitrogens with zero attached hydrogens (tertiary/aromatic N) is 2. The maximum Gasteiger partial charge on any atom is 0.259 e. The van der Waals surface area contributed by atoms with Gasteiger partial charge in [0.2, 0.25) is 0 Å². The number of carbonyl (C=O) groups excluding carboxylic acids is 1. The van der Waals surface area contributed by atoms with Gasteiger partial charge in [-0.1, -0.05) is 32.0 Å². The summed E-state index contributed by atoms with van der Waals surface area (Å²) in [4.78, 5) is 14.2. The monoisotopic (exact) mass is 287 g/mol. The van der Waals surface area contributed by atoms with Crippen LogP contribution in [0.5, 0.6) is 0 Å². The third-order valence-corrected chi connectivity index (χ3v) is 4.22. The molecule has 1 heterocycles. The highest BCUT2D eigenvalue weighted by Crippen LogP contribution is 2.26. The zero-order valence-electron chi connectivity index (χ0n) is 13.2. The van der Waals surface area contributed by atoms with Gasteiger partial charge in [-0.2, -0.15) is 5.10 Å². The molecule has 0 radical (unpaired) electrons. The third kappa shape index (κ3) is 4.06. The number of para-hydroxylation sites is 1. The second kappa shape index (κ2) is 7.25. The Kier molecular flexibility index (Phi) is 5.37. The number of aryl methyl sites for hydroxylation is 1. The highest BCUT2D eigenvalue weighted by molar-refractivity contribution is 5.87. The van der Waals surface area contributed by atoms with E-state index in [0.29, 0.717) is 12.5 Å². The van der Waals surface area contributed by atoms with Gasteiger partial charge in [0.15, 0.2) is 0 Å². The molecule has 1 aliphatic rings. The summed E-state index contributed by atoms with van der Waals surface area (Å²) in [6, 6.07) is 8.32. The Labute approximate surface area is 127 Å². The molecule has 0 spiro atoms. The lowest BCUT2D eigenvalue weighted by Gasteiger charge is -2.30. The van der Waals surface area contributed by atoms with Crippen molar-refractivity contribution in [3.63, 3.8) is 0 Å². The minimum Gasteiger partial charge on any atom is -0.362 e. The first-order chi connectivity index (χ1) is 10.1. The fourth-order valence-electron chi connectivity index (χ4n) is 2.54. The molecule has 0 unspecified atom stereocenters. The Hall–Kier alpha value is -1.84. The van der Waals surface area contributed by atoms with E-state index in [1.54, 1.807) is 0 Å². The van der Waals surface area contributed by atoms with Crippen molar-refractivity contribution < 1.29 is 4.79 Å². The molecule has 1 aromatic rings. The number of hydrogen-bond acceptors (Lipinski definition) is 3. The SMILES string of the molecule is CC[C@@H](C)/C(C)=N\NC(=O)CN1CCCc2ccccc21. The predicted octanol–water partition coefficient (Wildman–Crippen LogP) is 2.98. The summed E-state index contributed by atoms with van der Waals surface area (Å²) in [6.45, 7) is 7.50. The first-order valence-corrected chi connectivity index (χ1v) is 7.77. The number of nitrogens with one attached hydrogen (secondary N) is 1. The van der Waals surface area contributed by atoms with Crippen molar-refractivity contribution in [1.82, 2.24) is 5.43 Å². The topological polar surface area (TPSA) is 44.7 Å². The molecule has 0 aliphatic carbocycles. The Morgan fingerprint density at radius 3 is 2.95 bits per heavy atom. The summed E-state index contributed by atoms with van der Waals surface area (Å²) in [5.74, 6) is 0.357. The van der Waals surface area contributed by atoms with Gasteiger partial charge in [-0.05, 0) is 43.7 Å². The summed E-state index contributed by atoms with van der Waals surface area (Å²) in [5.41, 5.74) is 6.17. The molecule has 1 amide bonds. The van der Waals surface area contributed by atoms with E-state index in [2.05, 4.69) is 47.5 Å². The van der Waals surface area contributed by atoms with Gasteiger partial charge in [-0.25, -0.2) is 5.43 Å². The van der Waals surface area contributed by atoms with E-state index in [1.165, 1.54) is 11.3 Å². The molecule has 0 saturated carbocycles. The van der Waals surface area contributed by atoms with E-state index in [4.69, 9.17) is 0 Å². The molecule has 21 heavy (non-hydrogen) atoms. The molecule has 1 N–H and O–H groups in total. The number of benzene rings is 1. The van der Waals surface area contributed by atoms with Crippen LogP contribution in [0.2, 0.25) is 0 Å². The summed E-state index contributed by atoms with van der Waals surface area (Å²) >= 11 is 0. The zero-order chi connectivity index (χ0) is 15.2. The third-order valence-electron chi connectivity index (χ3n) is 4.22. The summed E-state index contributed by atoms with van der Waals surface area (Å²) in [5, 5.41) is 4.21. The molecule has 2 rings (SSSR count). The fourth-order valence-corrected chi connectivity index (χ4v) is 2.54. The van der Waals surface area contributed by atoms with Crippen molar-refractivity contribution in [3.05, 3.63) is 29.8 Å². The molecule has 0 bridgehead atoms. The van der Waals surface area contributed by atoms with Crippen molar-refractivity contribution in [2.24, 2.45) is 11.0 Å². The lowest BCUT2D eigenvalue weighted by molar-refractivity contribution is -0.119. The second-order valence-electron chi connectivity index (χ2n) is 5.75. The van der Waals surface area contributed by atoms with Gasteiger partial charge in [-0.3, -0.25) is 4.79 Å². The van der Waals surface area contributed by atoms with Crippen LogP contribution in [0.15, 0.2) is 29.4 Å². The minimum absolute atomic E-state index is 0.0469. The lowest BCUT2D eigenvalue weighted by atomic mass is 10.0. The van der Waals surface area contributed by atoms with Crippen molar-refractivity contribution in [3.8, 4) is 0 Å². The van der Waals surface area contributed by atoms with Gasteiger partial charge in [0, 0.05) is 17.9 Å². The van der Waals surface area contributed by atoms with Crippen LogP contribution in [0.3, 0.4) is 0 Å². The van der Waals surface area contributed by atoms with E-state index >= 15 is 0 Å². The highest BCUT2D eigenvalue weighted by atomic mass is 16.2. The van der Waals surface area contributed by atoms with Gasteiger partial charge < -0.3 is 4.90 Å². The standard InChI is InChI=1S/C17H25N3O/c1-4-13(2)14(3)18-19-17(21)12-20-11-7-9-15-8-5-6-10-16(15)20/h5-6,8,10,13H,4,7,9,11-12H2,1-3H3,(H,19,21)/b18-14-/t13-/m1/s1. The van der Waals surface area contributed by atoms with E-state index in [9.17, 15) is 4.79 Å². The van der Waals surface area contributed by atoms with Crippen LogP contribution >= 0.6 is 0 Å². The highest BCUT2D eigenvalue weighted by Gasteiger charge is 2.18. The van der Waals surface area contributed by atoms with Crippen molar-refractivity contribution >= 4 is 17.3 Å². The van der Waals surface area contributed by atoms with Crippen LogP contribution < -0.4 is 10.3 Å². The van der Waals surface area contributed by atoms with Gasteiger partial charge in [0.25, 0.3) is 5.91 Å². The fraction of sp³-hybridized carbons (Fsp3) is 0.529. The second-order valence-corrected chi connectivity index (χ2v) is 5.75.